The number of aromatic nitrogens is 6. The molecule has 0 bridgehead atoms. The molecule has 1 N–H and O–H groups in total. The summed E-state index contributed by atoms with van der Waals surface area (Å²) in [5, 5.41) is 15.9. The van der Waals surface area contributed by atoms with Crippen LogP contribution in [0.5, 0.6) is 0 Å². The van der Waals surface area contributed by atoms with Crippen molar-refractivity contribution in [3.63, 3.8) is 0 Å². The SMILES string of the molecule is Cc1c(N2CCc3ncc(Nc4ccncc4F)cc3C2)nn2cnnc2c1C. The van der Waals surface area contributed by atoms with Crippen molar-refractivity contribution >= 4 is 22.8 Å². The van der Waals surface area contributed by atoms with Crippen molar-refractivity contribution in [2.24, 2.45) is 0 Å². The summed E-state index contributed by atoms with van der Waals surface area (Å²) in [6.45, 7) is 5.60. The molecule has 0 amide bonds. The second-order valence-corrected chi connectivity index (χ2v) is 7.15. The number of fused-ring (bicyclic) bond motifs is 2. The van der Waals surface area contributed by atoms with Gasteiger partial charge in [0, 0.05) is 42.5 Å². The van der Waals surface area contributed by atoms with E-state index in [2.05, 4.69) is 37.3 Å². The third-order valence-corrected chi connectivity index (χ3v) is 5.36. The largest absolute Gasteiger partial charge is 0.352 e. The van der Waals surface area contributed by atoms with E-state index in [1.807, 2.05) is 13.0 Å². The van der Waals surface area contributed by atoms with E-state index in [9.17, 15) is 4.39 Å². The fourth-order valence-electron chi connectivity index (χ4n) is 3.67. The number of hydrogen-bond acceptors (Lipinski definition) is 7. The lowest BCUT2D eigenvalue weighted by Gasteiger charge is -2.30. The lowest BCUT2D eigenvalue weighted by molar-refractivity contribution is 0.625. The molecule has 0 saturated carbocycles. The van der Waals surface area contributed by atoms with Gasteiger partial charge in [0.2, 0.25) is 0 Å². The number of halogens is 1. The van der Waals surface area contributed by atoms with Crippen LogP contribution < -0.4 is 10.2 Å². The van der Waals surface area contributed by atoms with Crippen LogP contribution in [0.3, 0.4) is 0 Å². The van der Waals surface area contributed by atoms with E-state index in [-0.39, 0.29) is 0 Å². The highest BCUT2D eigenvalue weighted by atomic mass is 19.1. The van der Waals surface area contributed by atoms with Gasteiger partial charge in [-0.05, 0) is 31.5 Å². The van der Waals surface area contributed by atoms with E-state index >= 15 is 0 Å². The Balaban J connectivity index is 1.46. The molecule has 5 heterocycles. The maximum Gasteiger partial charge on any atom is 0.180 e. The van der Waals surface area contributed by atoms with Crippen LogP contribution in [0.4, 0.5) is 21.6 Å². The fraction of sp³-hybridized carbons (Fsp3) is 0.250. The summed E-state index contributed by atoms with van der Waals surface area (Å²) in [5.41, 5.74) is 6.21. The molecule has 9 heteroatoms. The van der Waals surface area contributed by atoms with Gasteiger partial charge in [0.1, 0.15) is 6.33 Å². The predicted molar refractivity (Wildman–Crippen MR) is 107 cm³/mol. The van der Waals surface area contributed by atoms with Crippen LogP contribution >= 0.6 is 0 Å². The Kier molecular flexibility index (Phi) is 4.08. The van der Waals surface area contributed by atoms with Crippen LogP contribution in [0.15, 0.2) is 37.1 Å². The van der Waals surface area contributed by atoms with Crippen LogP contribution in [-0.2, 0) is 13.0 Å². The van der Waals surface area contributed by atoms with E-state index in [1.165, 1.54) is 6.20 Å². The average Bonchev–Trinajstić information content (AvgIpc) is 3.21. The van der Waals surface area contributed by atoms with E-state index in [0.717, 1.165) is 52.5 Å². The van der Waals surface area contributed by atoms with E-state index in [1.54, 1.807) is 29.3 Å². The maximum atomic E-state index is 13.9. The van der Waals surface area contributed by atoms with Gasteiger partial charge in [0.15, 0.2) is 17.3 Å². The second kappa shape index (κ2) is 6.77. The quantitative estimate of drug-likeness (QED) is 0.576. The molecule has 0 unspecified atom stereocenters. The fourth-order valence-corrected chi connectivity index (χ4v) is 3.67. The molecule has 5 rings (SSSR count). The maximum absolute atomic E-state index is 13.9. The highest BCUT2D eigenvalue weighted by Crippen LogP contribution is 2.29. The zero-order chi connectivity index (χ0) is 20.0. The number of pyridine rings is 2. The third-order valence-electron chi connectivity index (χ3n) is 5.36. The lowest BCUT2D eigenvalue weighted by Crippen LogP contribution is -2.32. The number of hydrogen-bond donors (Lipinski definition) is 1. The highest BCUT2D eigenvalue weighted by molar-refractivity contribution is 5.62. The number of anilines is 3. The molecule has 0 radical (unpaired) electrons. The first-order chi connectivity index (χ1) is 14.1. The molecule has 146 valence electrons. The van der Waals surface area contributed by atoms with Gasteiger partial charge in [-0.25, -0.2) is 4.39 Å². The number of rotatable bonds is 3. The van der Waals surface area contributed by atoms with E-state index < -0.39 is 5.82 Å². The van der Waals surface area contributed by atoms with Crippen molar-refractivity contribution in [3.05, 3.63) is 65.3 Å². The zero-order valence-electron chi connectivity index (χ0n) is 16.1. The Morgan fingerprint density at radius 1 is 1.17 bits per heavy atom. The van der Waals surface area contributed by atoms with Crippen molar-refractivity contribution in [2.75, 3.05) is 16.8 Å². The topological polar surface area (TPSA) is 84.1 Å². The summed E-state index contributed by atoms with van der Waals surface area (Å²) in [6.07, 6.45) is 6.92. The van der Waals surface area contributed by atoms with Crippen LogP contribution in [0, 0.1) is 19.7 Å². The van der Waals surface area contributed by atoms with Crippen molar-refractivity contribution in [2.45, 2.75) is 26.8 Å². The van der Waals surface area contributed by atoms with Gasteiger partial charge in [0.25, 0.3) is 0 Å². The Morgan fingerprint density at radius 2 is 2.07 bits per heavy atom. The molecule has 1 aliphatic rings. The average molecular weight is 390 g/mol. The molecular weight excluding hydrogens is 371 g/mol. The second-order valence-electron chi connectivity index (χ2n) is 7.15. The van der Waals surface area contributed by atoms with Gasteiger partial charge in [-0.1, -0.05) is 0 Å². The molecule has 0 aliphatic carbocycles. The molecule has 1 aliphatic heterocycles. The molecular formula is C20H19FN8. The summed E-state index contributed by atoms with van der Waals surface area (Å²) in [7, 11) is 0. The standard InChI is InChI=1S/C20H19FN8/c1-12-13(2)20(27-29-11-24-26-19(12)29)28-6-4-17-14(10-28)7-15(8-23-17)25-18-3-5-22-9-16(18)21/h3,5,7-9,11H,4,6,10H2,1-2H3,(H,22,25). The summed E-state index contributed by atoms with van der Waals surface area (Å²) >= 11 is 0. The van der Waals surface area contributed by atoms with Crippen molar-refractivity contribution in [1.29, 1.82) is 0 Å². The molecule has 0 spiro atoms. The van der Waals surface area contributed by atoms with E-state index in [0.29, 0.717) is 12.2 Å². The monoisotopic (exact) mass is 390 g/mol. The molecule has 0 fully saturated rings. The van der Waals surface area contributed by atoms with Crippen molar-refractivity contribution in [1.82, 2.24) is 29.8 Å². The van der Waals surface area contributed by atoms with Gasteiger partial charge < -0.3 is 10.2 Å². The molecule has 4 aromatic rings. The minimum absolute atomic E-state index is 0.376. The number of nitrogens with zero attached hydrogens (tertiary/aromatic N) is 7. The minimum Gasteiger partial charge on any atom is -0.352 e. The van der Waals surface area contributed by atoms with Crippen LogP contribution in [0.1, 0.15) is 22.4 Å². The zero-order valence-corrected chi connectivity index (χ0v) is 16.1. The molecule has 0 saturated heterocycles. The molecule has 0 aromatic carbocycles. The van der Waals surface area contributed by atoms with Gasteiger partial charge in [0.05, 0.1) is 23.8 Å². The van der Waals surface area contributed by atoms with Gasteiger partial charge in [-0.15, -0.1) is 15.3 Å². The van der Waals surface area contributed by atoms with Crippen LogP contribution in [-0.4, -0.2) is 36.3 Å². The van der Waals surface area contributed by atoms with Crippen molar-refractivity contribution in [3.8, 4) is 0 Å². The molecule has 0 atom stereocenters. The molecule has 29 heavy (non-hydrogen) atoms. The first-order valence-corrected chi connectivity index (χ1v) is 9.36. The number of nitrogens with one attached hydrogen (secondary N) is 1. The predicted octanol–water partition coefficient (Wildman–Crippen LogP) is 2.98. The van der Waals surface area contributed by atoms with Gasteiger partial charge in [-0.3, -0.25) is 9.97 Å². The lowest BCUT2D eigenvalue weighted by atomic mass is 10.0. The first-order valence-electron chi connectivity index (χ1n) is 9.36. The Hall–Kier alpha value is -3.62. The van der Waals surface area contributed by atoms with Gasteiger partial charge >= 0.3 is 0 Å². The minimum atomic E-state index is -0.399. The van der Waals surface area contributed by atoms with Crippen LogP contribution in [0.2, 0.25) is 0 Å². The third kappa shape index (κ3) is 3.04. The highest BCUT2D eigenvalue weighted by Gasteiger charge is 2.22. The summed E-state index contributed by atoms with van der Waals surface area (Å²) in [6, 6.07) is 3.62. The van der Waals surface area contributed by atoms with Gasteiger partial charge in [-0.2, -0.15) is 4.52 Å². The first kappa shape index (κ1) is 17.5. The smallest absolute Gasteiger partial charge is 0.180 e. The molecule has 8 nitrogen and oxygen atoms in total. The summed E-state index contributed by atoms with van der Waals surface area (Å²) < 4.78 is 15.6. The van der Waals surface area contributed by atoms with E-state index in [4.69, 9.17) is 5.10 Å². The Morgan fingerprint density at radius 3 is 2.93 bits per heavy atom. The normalized spacial score (nSPS) is 13.6. The number of aryl methyl sites for hydroxylation is 1. The Labute approximate surface area is 166 Å². The molecule has 4 aromatic heterocycles. The summed E-state index contributed by atoms with van der Waals surface area (Å²) in [5.74, 6) is 0.517. The van der Waals surface area contributed by atoms with Crippen LogP contribution in [0.25, 0.3) is 5.65 Å². The Bertz CT molecular complexity index is 1220. The summed E-state index contributed by atoms with van der Waals surface area (Å²) in [4.78, 5) is 10.6. The van der Waals surface area contributed by atoms with Crippen molar-refractivity contribution < 1.29 is 4.39 Å².